The van der Waals surface area contributed by atoms with E-state index in [-0.39, 0.29) is 5.91 Å². The molecule has 1 aromatic heterocycles. The van der Waals surface area contributed by atoms with E-state index in [0.717, 1.165) is 30.8 Å². The van der Waals surface area contributed by atoms with E-state index in [4.69, 9.17) is 0 Å². The van der Waals surface area contributed by atoms with Crippen LogP contribution >= 0.6 is 11.5 Å². The Morgan fingerprint density at radius 3 is 2.87 bits per heavy atom. The van der Waals surface area contributed by atoms with Crippen LogP contribution in [0.1, 0.15) is 34.6 Å². The fourth-order valence-corrected chi connectivity index (χ4v) is 2.10. The molecule has 1 heterocycles. The van der Waals surface area contributed by atoms with Crippen molar-refractivity contribution in [3.8, 4) is 0 Å². The Morgan fingerprint density at radius 1 is 1.67 bits per heavy atom. The molecule has 5 nitrogen and oxygen atoms in total. The van der Waals surface area contributed by atoms with Crippen LogP contribution in [0.5, 0.6) is 0 Å². The maximum absolute atomic E-state index is 11.6. The van der Waals surface area contributed by atoms with Gasteiger partial charge in [-0.15, -0.1) is 5.10 Å². The molecule has 0 bridgehead atoms. The molecule has 1 aliphatic rings. The van der Waals surface area contributed by atoms with Gasteiger partial charge in [0.15, 0.2) is 0 Å². The lowest BCUT2D eigenvalue weighted by molar-refractivity contribution is -0.0300. The largest absolute Gasteiger partial charge is 0.388 e. The average molecular weight is 227 g/mol. The van der Waals surface area contributed by atoms with Crippen LogP contribution in [0, 0.1) is 6.92 Å². The molecule has 0 aliphatic heterocycles. The van der Waals surface area contributed by atoms with Crippen LogP contribution in [0.15, 0.2) is 0 Å². The van der Waals surface area contributed by atoms with E-state index in [1.165, 1.54) is 0 Å². The Balaban J connectivity index is 1.90. The zero-order chi connectivity index (χ0) is 10.9. The highest BCUT2D eigenvalue weighted by Crippen LogP contribution is 2.30. The van der Waals surface area contributed by atoms with Gasteiger partial charge in [-0.2, -0.15) is 0 Å². The van der Waals surface area contributed by atoms with Crippen molar-refractivity contribution < 1.29 is 9.90 Å². The second-order valence-electron chi connectivity index (χ2n) is 3.95. The van der Waals surface area contributed by atoms with Crippen LogP contribution in [0.25, 0.3) is 0 Å². The number of carbonyl (C=O) groups excluding carboxylic acids is 1. The maximum Gasteiger partial charge on any atom is 0.265 e. The Morgan fingerprint density at radius 2 is 2.40 bits per heavy atom. The van der Waals surface area contributed by atoms with Crippen LogP contribution in [0.3, 0.4) is 0 Å². The van der Waals surface area contributed by atoms with E-state index in [1.54, 1.807) is 6.92 Å². The van der Waals surface area contributed by atoms with Gasteiger partial charge in [0.1, 0.15) is 4.88 Å². The molecule has 2 N–H and O–H groups in total. The van der Waals surface area contributed by atoms with Crippen LogP contribution in [0.2, 0.25) is 0 Å². The summed E-state index contributed by atoms with van der Waals surface area (Å²) < 4.78 is 3.69. The third kappa shape index (κ3) is 2.15. The Labute approximate surface area is 91.7 Å². The summed E-state index contributed by atoms with van der Waals surface area (Å²) in [7, 11) is 0. The molecule has 0 atom stereocenters. The number of aliphatic hydroxyl groups is 1. The van der Waals surface area contributed by atoms with Crippen molar-refractivity contribution in [3.63, 3.8) is 0 Å². The SMILES string of the molecule is Cc1nnsc1C(=O)NCC1(O)CCC1. The lowest BCUT2D eigenvalue weighted by Gasteiger charge is -2.36. The monoisotopic (exact) mass is 227 g/mol. The summed E-state index contributed by atoms with van der Waals surface area (Å²) in [6, 6.07) is 0. The lowest BCUT2D eigenvalue weighted by atomic mass is 9.80. The molecular weight excluding hydrogens is 214 g/mol. The predicted molar refractivity (Wildman–Crippen MR) is 55.8 cm³/mol. The molecule has 0 saturated heterocycles. The summed E-state index contributed by atoms with van der Waals surface area (Å²) in [6.07, 6.45) is 2.58. The molecule has 0 spiro atoms. The molecule has 0 radical (unpaired) electrons. The van der Waals surface area contributed by atoms with E-state index in [9.17, 15) is 9.90 Å². The van der Waals surface area contributed by atoms with Crippen molar-refractivity contribution in [2.24, 2.45) is 0 Å². The molecule has 1 fully saturated rings. The summed E-state index contributed by atoms with van der Waals surface area (Å²) in [5, 5.41) is 16.3. The molecule has 15 heavy (non-hydrogen) atoms. The Bertz CT molecular complexity index is 373. The number of hydrogen-bond donors (Lipinski definition) is 2. The predicted octanol–water partition coefficient (Wildman–Crippen LogP) is 0.491. The van der Waals surface area contributed by atoms with Gasteiger partial charge in [0.05, 0.1) is 11.3 Å². The van der Waals surface area contributed by atoms with Crippen LogP contribution < -0.4 is 5.32 Å². The van der Waals surface area contributed by atoms with Gasteiger partial charge in [-0.3, -0.25) is 4.79 Å². The number of aryl methyl sites for hydroxylation is 1. The van der Waals surface area contributed by atoms with Gasteiger partial charge in [0.2, 0.25) is 0 Å². The zero-order valence-corrected chi connectivity index (χ0v) is 9.30. The van der Waals surface area contributed by atoms with Crippen molar-refractivity contribution in [1.82, 2.24) is 14.9 Å². The molecule has 1 amide bonds. The van der Waals surface area contributed by atoms with E-state index in [0.29, 0.717) is 17.1 Å². The maximum atomic E-state index is 11.6. The van der Waals surface area contributed by atoms with Crippen molar-refractivity contribution >= 4 is 17.4 Å². The second-order valence-corrected chi connectivity index (χ2v) is 4.70. The number of amides is 1. The van der Waals surface area contributed by atoms with Gasteiger partial charge < -0.3 is 10.4 Å². The highest BCUT2D eigenvalue weighted by atomic mass is 32.1. The summed E-state index contributed by atoms with van der Waals surface area (Å²) in [6.45, 7) is 2.07. The van der Waals surface area contributed by atoms with E-state index in [1.807, 2.05) is 0 Å². The van der Waals surface area contributed by atoms with Crippen LogP contribution in [-0.2, 0) is 0 Å². The Hall–Kier alpha value is -1.01. The lowest BCUT2D eigenvalue weighted by Crippen LogP contribution is -2.47. The number of aromatic nitrogens is 2. The second kappa shape index (κ2) is 3.86. The van der Waals surface area contributed by atoms with E-state index >= 15 is 0 Å². The third-order valence-electron chi connectivity index (χ3n) is 2.72. The first-order valence-electron chi connectivity index (χ1n) is 4.90. The molecule has 0 aromatic carbocycles. The van der Waals surface area contributed by atoms with Gasteiger partial charge in [-0.05, 0) is 37.7 Å². The fraction of sp³-hybridized carbons (Fsp3) is 0.667. The zero-order valence-electron chi connectivity index (χ0n) is 8.49. The topological polar surface area (TPSA) is 75.1 Å². The number of hydrogen-bond acceptors (Lipinski definition) is 5. The molecule has 2 rings (SSSR count). The quantitative estimate of drug-likeness (QED) is 0.788. The molecule has 1 aromatic rings. The minimum absolute atomic E-state index is 0.192. The number of nitrogens with one attached hydrogen (secondary N) is 1. The average Bonchev–Trinajstić information content (AvgIpc) is 2.58. The highest BCUT2D eigenvalue weighted by Gasteiger charge is 2.34. The van der Waals surface area contributed by atoms with Crippen molar-refractivity contribution in [2.75, 3.05) is 6.54 Å². The summed E-state index contributed by atoms with van der Waals surface area (Å²) in [4.78, 5) is 12.1. The van der Waals surface area contributed by atoms with Gasteiger partial charge in [0, 0.05) is 6.54 Å². The van der Waals surface area contributed by atoms with Gasteiger partial charge >= 0.3 is 0 Å². The summed E-state index contributed by atoms with van der Waals surface area (Å²) in [5.41, 5.74) is -0.0418. The number of carbonyl (C=O) groups is 1. The molecular formula is C9H13N3O2S. The Kier molecular flexibility index (Phi) is 2.70. The number of nitrogens with zero attached hydrogens (tertiary/aromatic N) is 2. The number of rotatable bonds is 3. The van der Waals surface area contributed by atoms with Gasteiger partial charge in [-0.25, -0.2) is 0 Å². The van der Waals surface area contributed by atoms with E-state index in [2.05, 4.69) is 14.9 Å². The van der Waals surface area contributed by atoms with Crippen molar-refractivity contribution in [1.29, 1.82) is 0 Å². The fourth-order valence-electron chi connectivity index (χ4n) is 1.53. The first kappa shape index (κ1) is 10.5. The standard InChI is InChI=1S/C9H13N3O2S/c1-6-7(15-12-11-6)8(13)10-5-9(14)3-2-4-9/h14H,2-5H2,1H3,(H,10,13). The first-order valence-corrected chi connectivity index (χ1v) is 5.68. The molecule has 6 heteroatoms. The van der Waals surface area contributed by atoms with Crippen molar-refractivity contribution in [2.45, 2.75) is 31.8 Å². The summed E-state index contributed by atoms with van der Waals surface area (Å²) >= 11 is 1.08. The van der Waals surface area contributed by atoms with Crippen molar-refractivity contribution in [3.05, 3.63) is 10.6 Å². The highest BCUT2D eigenvalue weighted by molar-refractivity contribution is 7.07. The smallest absolute Gasteiger partial charge is 0.265 e. The van der Waals surface area contributed by atoms with Gasteiger partial charge in [-0.1, -0.05) is 4.49 Å². The molecule has 82 valence electrons. The van der Waals surface area contributed by atoms with Crippen LogP contribution in [-0.4, -0.2) is 32.7 Å². The minimum Gasteiger partial charge on any atom is -0.388 e. The van der Waals surface area contributed by atoms with Crippen LogP contribution in [0.4, 0.5) is 0 Å². The van der Waals surface area contributed by atoms with Gasteiger partial charge in [0.25, 0.3) is 5.91 Å². The minimum atomic E-state index is -0.679. The molecule has 1 aliphatic carbocycles. The van der Waals surface area contributed by atoms with E-state index < -0.39 is 5.60 Å². The summed E-state index contributed by atoms with van der Waals surface area (Å²) in [5.74, 6) is -0.192. The normalized spacial score (nSPS) is 18.3. The first-order chi connectivity index (χ1) is 7.11. The molecule has 1 saturated carbocycles. The third-order valence-corrected chi connectivity index (χ3v) is 3.55. The molecule has 0 unspecified atom stereocenters.